The molecule has 0 bridgehead atoms. The largest absolute Gasteiger partial charge is 0.393 e. The van der Waals surface area contributed by atoms with Gasteiger partial charge in [-0.05, 0) is 12.5 Å². The molecule has 1 atom stereocenters. The Morgan fingerprint density at radius 3 is 2.46 bits per heavy atom. The highest BCUT2D eigenvalue weighted by molar-refractivity contribution is 9.39. The molecule has 1 aromatic carbocycles. The van der Waals surface area contributed by atoms with Gasteiger partial charge in [-0.15, -0.1) is 0 Å². The van der Waals surface area contributed by atoms with Gasteiger partial charge in [0.15, 0.2) is 0 Å². The van der Waals surface area contributed by atoms with Crippen molar-refractivity contribution in [2.24, 2.45) is 0 Å². The number of halogens is 1. The molecule has 0 saturated carbocycles. The van der Waals surface area contributed by atoms with E-state index in [9.17, 15) is 4.57 Å². The van der Waals surface area contributed by atoms with E-state index in [-0.39, 0.29) is 6.61 Å². The van der Waals surface area contributed by atoms with Gasteiger partial charge in [-0.1, -0.05) is 29.8 Å². The molecule has 72 valence electrons. The highest BCUT2D eigenvalue weighted by Gasteiger charge is 2.12. The molecule has 1 unspecified atom stereocenters. The Morgan fingerprint density at radius 1 is 1.46 bits per heavy atom. The summed E-state index contributed by atoms with van der Waals surface area (Å²) in [6, 6.07) is 7.57. The van der Waals surface area contributed by atoms with Crippen LogP contribution in [0.4, 0.5) is 0 Å². The predicted octanol–water partition coefficient (Wildman–Crippen LogP) is 3.01. The van der Waals surface area contributed by atoms with Crippen molar-refractivity contribution in [1.82, 2.24) is 0 Å². The second-order valence-electron chi connectivity index (χ2n) is 2.71. The molecule has 5 heteroatoms. The van der Waals surface area contributed by atoms with Gasteiger partial charge in [0.25, 0.3) is 0 Å². The summed E-state index contributed by atoms with van der Waals surface area (Å²) in [4.78, 5) is 8.78. The van der Waals surface area contributed by atoms with Crippen LogP contribution in [0.25, 0.3) is 0 Å². The molecule has 0 aliphatic carbocycles. The Hall–Kier alpha value is -0.150. The van der Waals surface area contributed by atoms with Crippen molar-refractivity contribution in [3.63, 3.8) is 0 Å². The second kappa shape index (κ2) is 4.38. The lowest BCUT2D eigenvalue weighted by atomic mass is 10.2. The lowest BCUT2D eigenvalue weighted by molar-refractivity contribution is 0.267. The molecule has 13 heavy (non-hydrogen) atoms. The number of benzene rings is 1. The molecule has 3 nitrogen and oxygen atoms in total. The van der Waals surface area contributed by atoms with Crippen LogP contribution in [0, 0.1) is 6.92 Å². The van der Waals surface area contributed by atoms with E-state index in [0.717, 1.165) is 11.1 Å². The summed E-state index contributed by atoms with van der Waals surface area (Å²) < 4.78 is 15.4. The van der Waals surface area contributed by atoms with Gasteiger partial charge in [-0.25, -0.2) is 4.57 Å². The van der Waals surface area contributed by atoms with Crippen molar-refractivity contribution < 1.29 is 14.0 Å². The Kier molecular flexibility index (Phi) is 3.68. The fraction of sp³-hybridized carbons (Fsp3) is 0.250. The zero-order chi connectivity index (χ0) is 9.90. The van der Waals surface area contributed by atoms with E-state index in [2.05, 4.69) is 20.0 Å². The average Bonchev–Trinajstić information content (AvgIpc) is 2.02. The summed E-state index contributed by atoms with van der Waals surface area (Å²) in [6.07, 6.45) is -3.53. The molecule has 1 N–H and O–H groups in total. The lowest BCUT2D eigenvalue weighted by Crippen LogP contribution is -1.87. The monoisotopic (exact) mass is 264 g/mol. The average molecular weight is 265 g/mol. The van der Waals surface area contributed by atoms with E-state index in [4.69, 9.17) is 4.89 Å². The third-order valence-electron chi connectivity index (χ3n) is 1.51. The third kappa shape index (κ3) is 4.58. The second-order valence-corrected chi connectivity index (χ2v) is 6.56. The number of rotatable bonds is 3. The smallest absolute Gasteiger partial charge is 0.316 e. The Morgan fingerprint density at radius 2 is 2.00 bits per heavy atom. The van der Waals surface area contributed by atoms with Gasteiger partial charge in [0.1, 0.15) is 0 Å². The minimum atomic E-state index is -3.53. The first-order valence-electron chi connectivity index (χ1n) is 3.70. The van der Waals surface area contributed by atoms with Crippen molar-refractivity contribution in [2.45, 2.75) is 13.5 Å². The van der Waals surface area contributed by atoms with Gasteiger partial charge < -0.3 is 4.89 Å². The molecule has 0 saturated heterocycles. The third-order valence-corrected chi connectivity index (χ3v) is 2.57. The molecule has 0 spiro atoms. The fourth-order valence-electron chi connectivity index (χ4n) is 0.838. The van der Waals surface area contributed by atoms with Gasteiger partial charge in [0.2, 0.25) is 0 Å². The van der Waals surface area contributed by atoms with Gasteiger partial charge >= 0.3 is 6.30 Å². The maximum absolute atomic E-state index is 10.7. The van der Waals surface area contributed by atoms with E-state index in [0.29, 0.717) is 0 Å². The van der Waals surface area contributed by atoms with Gasteiger partial charge in [0, 0.05) is 15.5 Å². The van der Waals surface area contributed by atoms with E-state index < -0.39 is 6.30 Å². The van der Waals surface area contributed by atoms with Crippen LogP contribution in [0.5, 0.6) is 0 Å². The van der Waals surface area contributed by atoms with E-state index in [1.807, 2.05) is 31.2 Å². The lowest BCUT2D eigenvalue weighted by Gasteiger charge is -2.04. The maximum atomic E-state index is 10.7. The molecule has 0 fully saturated rings. The SMILES string of the molecule is Cc1ccc(COP(=O)(O)Br)cc1. The summed E-state index contributed by atoms with van der Waals surface area (Å²) in [5.41, 5.74) is 2.02. The van der Waals surface area contributed by atoms with Crippen LogP contribution in [-0.2, 0) is 15.7 Å². The van der Waals surface area contributed by atoms with Gasteiger partial charge in [-0.3, -0.25) is 4.52 Å². The van der Waals surface area contributed by atoms with Gasteiger partial charge in [-0.2, -0.15) is 0 Å². The highest BCUT2D eigenvalue weighted by Crippen LogP contribution is 2.50. The first kappa shape index (κ1) is 10.9. The Bertz CT molecular complexity index is 317. The zero-order valence-electron chi connectivity index (χ0n) is 7.11. The molecular weight excluding hydrogens is 255 g/mol. The van der Waals surface area contributed by atoms with E-state index in [1.165, 1.54) is 0 Å². The number of hydrogen-bond acceptors (Lipinski definition) is 2. The summed E-state index contributed by atoms with van der Waals surface area (Å²) in [5.74, 6) is 0. The maximum Gasteiger partial charge on any atom is 0.393 e. The first-order chi connectivity index (χ1) is 5.97. The predicted molar refractivity (Wildman–Crippen MR) is 54.7 cm³/mol. The van der Waals surface area contributed by atoms with Crippen LogP contribution < -0.4 is 0 Å². The molecule has 0 radical (unpaired) electrons. The summed E-state index contributed by atoms with van der Waals surface area (Å²) >= 11 is 2.54. The molecule has 0 aromatic heterocycles. The van der Waals surface area contributed by atoms with Crippen LogP contribution in [0.2, 0.25) is 0 Å². The quantitative estimate of drug-likeness (QED) is 0.854. The highest BCUT2D eigenvalue weighted by atomic mass is 79.9. The van der Waals surface area contributed by atoms with Crippen LogP contribution in [0.15, 0.2) is 24.3 Å². The van der Waals surface area contributed by atoms with Crippen molar-refractivity contribution in [3.8, 4) is 0 Å². The van der Waals surface area contributed by atoms with Crippen molar-refractivity contribution in [1.29, 1.82) is 0 Å². The van der Waals surface area contributed by atoms with E-state index in [1.54, 1.807) is 0 Å². The van der Waals surface area contributed by atoms with Crippen LogP contribution in [0.1, 0.15) is 11.1 Å². The molecule has 0 heterocycles. The van der Waals surface area contributed by atoms with Crippen molar-refractivity contribution in [3.05, 3.63) is 35.4 Å². The zero-order valence-corrected chi connectivity index (χ0v) is 9.59. The first-order valence-corrected chi connectivity index (χ1v) is 7.29. The molecule has 0 aliphatic heterocycles. The van der Waals surface area contributed by atoms with Crippen LogP contribution >= 0.6 is 21.8 Å². The minimum absolute atomic E-state index is 0.138. The molecular formula is C8H10BrO3P. The topological polar surface area (TPSA) is 46.5 Å². The summed E-state index contributed by atoms with van der Waals surface area (Å²) in [5, 5.41) is 0. The Labute approximate surface area is 85.0 Å². The van der Waals surface area contributed by atoms with Gasteiger partial charge in [0.05, 0.1) is 6.61 Å². The fourth-order valence-corrected chi connectivity index (χ4v) is 1.45. The van der Waals surface area contributed by atoms with E-state index >= 15 is 0 Å². The normalized spacial score (nSPS) is 15.3. The molecule has 0 amide bonds. The summed E-state index contributed by atoms with van der Waals surface area (Å²) in [7, 11) is 0. The summed E-state index contributed by atoms with van der Waals surface area (Å²) in [6.45, 7) is 2.12. The van der Waals surface area contributed by atoms with Crippen molar-refractivity contribution in [2.75, 3.05) is 0 Å². The molecule has 1 aromatic rings. The van der Waals surface area contributed by atoms with Crippen LogP contribution in [0.3, 0.4) is 0 Å². The number of aryl methyl sites for hydroxylation is 1. The van der Waals surface area contributed by atoms with Crippen LogP contribution in [-0.4, -0.2) is 4.89 Å². The minimum Gasteiger partial charge on any atom is -0.316 e. The molecule has 0 aliphatic rings. The van der Waals surface area contributed by atoms with Crippen molar-refractivity contribution >= 4 is 21.8 Å². The number of hydrogen-bond donors (Lipinski definition) is 1. The standard InChI is InChI=1S/C8H10BrO3P/c1-7-2-4-8(5-3-7)6-12-13(9,10)11/h2-5H,6H2,1H3,(H,10,11). The molecule has 1 rings (SSSR count). The Balaban J connectivity index is 2.56.